The Morgan fingerprint density at radius 2 is 2.00 bits per heavy atom. The monoisotopic (exact) mass is 558 g/mol. The van der Waals surface area contributed by atoms with E-state index in [0.29, 0.717) is 48.9 Å². The van der Waals surface area contributed by atoms with Crippen molar-refractivity contribution in [2.45, 2.75) is 25.7 Å². The average Bonchev–Trinajstić information content (AvgIpc) is 3.17. The summed E-state index contributed by atoms with van der Waals surface area (Å²) in [6.45, 7) is 2.94. The second-order valence-electron chi connectivity index (χ2n) is 6.66. The molecule has 1 aromatic carbocycles. The number of nitrogens with zero attached hydrogens (tertiary/aromatic N) is 5. The van der Waals surface area contributed by atoms with Crippen LogP contribution >= 0.6 is 35.6 Å². The Morgan fingerprint density at radius 3 is 2.60 bits per heavy atom. The molecule has 1 aromatic heterocycles. The van der Waals surface area contributed by atoms with Crippen LogP contribution in [0.25, 0.3) is 11.4 Å². The third kappa shape index (κ3) is 6.20. The average molecular weight is 559 g/mol. The Balaban J connectivity index is 0.00000320. The standard InChI is InChI=1S/C18H22ClF3N6O.HI/c1-12(18(20,21)22)27-6-8-28(9-7-27)17(23-2)24-11-15-25-16(26-29-15)13-4-3-5-14(19)10-13;/h3-5,10,12H,6-9,11H2,1-2H3,(H,23,24);1H. The summed E-state index contributed by atoms with van der Waals surface area (Å²) < 4.78 is 43.9. The van der Waals surface area contributed by atoms with Crippen LogP contribution in [0.1, 0.15) is 12.8 Å². The highest BCUT2D eigenvalue weighted by atomic mass is 127. The van der Waals surface area contributed by atoms with Crippen molar-refractivity contribution in [2.24, 2.45) is 4.99 Å². The van der Waals surface area contributed by atoms with E-state index in [4.69, 9.17) is 16.1 Å². The van der Waals surface area contributed by atoms with Crippen LogP contribution in [0.2, 0.25) is 5.02 Å². The fourth-order valence-corrected chi connectivity index (χ4v) is 3.28. The first kappa shape index (κ1) is 24.7. The summed E-state index contributed by atoms with van der Waals surface area (Å²) >= 11 is 5.98. The van der Waals surface area contributed by atoms with Gasteiger partial charge >= 0.3 is 6.18 Å². The zero-order chi connectivity index (χ0) is 21.0. The molecule has 3 rings (SSSR count). The molecule has 0 saturated carbocycles. The molecule has 1 N–H and O–H groups in total. The van der Waals surface area contributed by atoms with E-state index < -0.39 is 12.2 Å². The predicted octanol–water partition coefficient (Wildman–Crippen LogP) is 3.65. The van der Waals surface area contributed by atoms with Crippen molar-refractivity contribution >= 4 is 41.5 Å². The van der Waals surface area contributed by atoms with Crippen molar-refractivity contribution in [3.05, 3.63) is 35.2 Å². The Kier molecular flexibility index (Phi) is 8.73. The van der Waals surface area contributed by atoms with E-state index in [1.807, 2.05) is 11.0 Å². The lowest BCUT2D eigenvalue weighted by Gasteiger charge is -2.39. The van der Waals surface area contributed by atoms with Crippen LogP contribution in [0, 0.1) is 0 Å². The van der Waals surface area contributed by atoms with E-state index in [0.717, 1.165) is 5.56 Å². The van der Waals surface area contributed by atoms with E-state index in [-0.39, 0.29) is 30.5 Å². The van der Waals surface area contributed by atoms with Crippen LogP contribution in [-0.4, -0.2) is 71.3 Å². The van der Waals surface area contributed by atoms with Crippen molar-refractivity contribution in [2.75, 3.05) is 33.2 Å². The fraction of sp³-hybridized carbons (Fsp3) is 0.500. The summed E-state index contributed by atoms with van der Waals surface area (Å²) in [5.74, 6) is 1.37. The van der Waals surface area contributed by atoms with Crippen molar-refractivity contribution in [1.82, 2.24) is 25.3 Å². The van der Waals surface area contributed by atoms with Gasteiger partial charge in [0.05, 0.1) is 6.54 Å². The van der Waals surface area contributed by atoms with E-state index in [1.54, 1.807) is 25.2 Å². The Bertz CT molecular complexity index is 854. The molecule has 166 valence electrons. The van der Waals surface area contributed by atoms with Gasteiger partial charge in [-0.2, -0.15) is 18.2 Å². The molecule has 1 aliphatic rings. The Labute approximate surface area is 194 Å². The van der Waals surface area contributed by atoms with Gasteiger partial charge < -0.3 is 14.7 Å². The number of hydrogen-bond acceptors (Lipinski definition) is 5. The van der Waals surface area contributed by atoms with E-state index in [1.165, 1.54) is 11.8 Å². The highest BCUT2D eigenvalue weighted by molar-refractivity contribution is 14.0. The van der Waals surface area contributed by atoms with E-state index in [9.17, 15) is 13.2 Å². The quantitative estimate of drug-likeness (QED) is 0.351. The molecule has 1 unspecified atom stereocenters. The van der Waals surface area contributed by atoms with Gasteiger partial charge in [0.1, 0.15) is 6.04 Å². The van der Waals surface area contributed by atoms with Gasteiger partial charge in [-0.15, -0.1) is 24.0 Å². The summed E-state index contributed by atoms with van der Waals surface area (Å²) in [7, 11) is 1.62. The maximum absolute atomic E-state index is 12.9. The predicted molar refractivity (Wildman–Crippen MR) is 119 cm³/mol. The summed E-state index contributed by atoms with van der Waals surface area (Å²) in [5, 5.41) is 7.64. The molecule has 2 aromatic rings. The van der Waals surface area contributed by atoms with Crippen LogP contribution in [0.4, 0.5) is 13.2 Å². The van der Waals surface area contributed by atoms with Crippen molar-refractivity contribution < 1.29 is 17.7 Å². The van der Waals surface area contributed by atoms with E-state index in [2.05, 4.69) is 20.4 Å². The molecule has 0 spiro atoms. The molecule has 1 fully saturated rings. The van der Waals surface area contributed by atoms with Gasteiger partial charge in [-0.05, 0) is 19.1 Å². The van der Waals surface area contributed by atoms with Crippen molar-refractivity contribution in [1.29, 1.82) is 0 Å². The van der Waals surface area contributed by atoms with Crippen LogP contribution in [-0.2, 0) is 6.54 Å². The van der Waals surface area contributed by atoms with Crippen molar-refractivity contribution in [3.8, 4) is 11.4 Å². The molecule has 30 heavy (non-hydrogen) atoms. The molecule has 7 nitrogen and oxygen atoms in total. The molecule has 0 bridgehead atoms. The molecular weight excluding hydrogens is 536 g/mol. The van der Waals surface area contributed by atoms with Gasteiger partial charge in [-0.25, -0.2) is 0 Å². The zero-order valence-corrected chi connectivity index (χ0v) is 19.6. The minimum absolute atomic E-state index is 0. The number of alkyl halides is 3. The lowest BCUT2D eigenvalue weighted by molar-refractivity contribution is -0.181. The van der Waals surface area contributed by atoms with Gasteiger partial charge in [-0.3, -0.25) is 9.89 Å². The fourth-order valence-electron chi connectivity index (χ4n) is 3.09. The third-order valence-corrected chi connectivity index (χ3v) is 5.03. The SMILES string of the molecule is CN=C(NCc1nc(-c2cccc(Cl)c2)no1)N1CCN(C(C)C(F)(F)F)CC1.I. The summed E-state index contributed by atoms with van der Waals surface area (Å²) in [5.41, 5.74) is 0.742. The molecular formula is C18H23ClF3IN6O. The second kappa shape index (κ2) is 10.6. The Morgan fingerprint density at radius 1 is 1.30 bits per heavy atom. The maximum atomic E-state index is 12.9. The van der Waals surface area contributed by atoms with Gasteiger partial charge in [0.2, 0.25) is 11.7 Å². The first-order valence-corrected chi connectivity index (χ1v) is 9.50. The van der Waals surface area contributed by atoms with Crippen LogP contribution in [0.15, 0.2) is 33.8 Å². The minimum atomic E-state index is -4.22. The summed E-state index contributed by atoms with van der Waals surface area (Å²) in [4.78, 5) is 11.9. The third-order valence-electron chi connectivity index (χ3n) is 4.80. The number of rotatable bonds is 4. The lowest BCUT2D eigenvalue weighted by atomic mass is 10.2. The summed E-state index contributed by atoms with van der Waals surface area (Å²) in [6, 6.07) is 5.67. The normalized spacial score (nSPS) is 16.9. The Hall–Kier alpha value is -1.60. The number of aliphatic imine (C=N–C) groups is 1. The number of halogens is 5. The van der Waals surface area contributed by atoms with Gasteiger partial charge in [0, 0.05) is 43.8 Å². The zero-order valence-electron chi connectivity index (χ0n) is 16.5. The largest absolute Gasteiger partial charge is 0.403 e. The van der Waals surface area contributed by atoms with Crippen molar-refractivity contribution in [3.63, 3.8) is 0 Å². The number of guanidine groups is 1. The lowest BCUT2D eigenvalue weighted by Crippen LogP contribution is -2.56. The first-order valence-electron chi connectivity index (χ1n) is 9.13. The number of benzene rings is 1. The highest BCUT2D eigenvalue weighted by Crippen LogP contribution is 2.25. The molecule has 0 amide bonds. The summed E-state index contributed by atoms with van der Waals surface area (Å²) in [6.07, 6.45) is -4.22. The number of nitrogens with one attached hydrogen (secondary N) is 1. The second-order valence-corrected chi connectivity index (χ2v) is 7.10. The highest BCUT2D eigenvalue weighted by Gasteiger charge is 2.41. The smallest absolute Gasteiger partial charge is 0.347 e. The molecule has 1 saturated heterocycles. The van der Waals surface area contributed by atoms with Crippen LogP contribution < -0.4 is 5.32 Å². The molecule has 0 aliphatic carbocycles. The molecule has 12 heteroatoms. The van der Waals surface area contributed by atoms with E-state index >= 15 is 0 Å². The van der Waals surface area contributed by atoms with Crippen LogP contribution in [0.3, 0.4) is 0 Å². The number of piperazine rings is 1. The van der Waals surface area contributed by atoms with Gasteiger partial charge in [-0.1, -0.05) is 28.9 Å². The molecule has 0 radical (unpaired) electrons. The number of aromatic nitrogens is 2. The van der Waals surface area contributed by atoms with Gasteiger partial charge in [0.15, 0.2) is 5.96 Å². The maximum Gasteiger partial charge on any atom is 0.403 e. The van der Waals surface area contributed by atoms with Crippen LogP contribution in [0.5, 0.6) is 0 Å². The topological polar surface area (TPSA) is 69.8 Å². The molecule has 1 aliphatic heterocycles. The number of hydrogen-bond donors (Lipinski definition) is 1. The van der Waals surface area contributed by atoms with Gasteiger partial charge in [0.25, 0.3) is 0 Å². The minimum Gasteiger partial charge on any atom is -0.347 e. The first-order chi connectivity index (χ1) is 13.8. The molecule has 1 atom stereocenters. The molecule has 2 heterocycles.